The summed E-state index contributed by atoms with van der Waals surface area (Å²) in [4.78, 5) is 27.8. The van der Waals surface area contributed by atoms with Crippen LogP contribution in [0.3, 0.4) is 0 Å². The van der Waals surface area contributed by atoms with Crippen LogP contribution in [-0.2, 0) is 0 Å². The Morgan fingerprint density at radius 2 is 1.62 bits per heavy atom. The van der Waals surface area contributed by atoms with Gasteiger partial charge in [0.05, 0.1) is 4.92 Å². The zero-order valence-electron chi connectivity index (χ0n) is 15.3. The number of hydrogen-bond donors (Lipinski definition) is 0. The van der Waals surface area contributed by atoms with Crippen molar-refractivity contribution in [2.24, 2.45) is 5.41 Å². The van der Waals surface area contributed by atoms with Crippen LogP contribution in [0.4, 0.5) is 11.4 Å². The van der Waals surface area contributed by atoms with E-state index in [1.54, 1.807) is 11.0 Å². The summed E-state index contributed by atoms with van der Waals surface area (Å²) in [7, 11) is 0. The van der Waals surface area contributed by atoms with Gasteiger partial charge in [0, 0.05) is 37.9 Å². The molecule has 0 radical (unpaired) electrons. The molecule has 2 aliphatic heterocycles. The molecule has 1 aromatic carbocycles. The number of carbonyl (C=O) groups is 1. The van der Waals surface area contributed by atoms with Crippen LogP contribution < -0.4 is 4.90 Å². The van der Waals surface area contributed by atoms with Gasteiger partial charge in [-0.05, 0) is 56.1 Å². The highest BCUT2D eigenvalue weighted by Gasteiger charge is 2.37. The Bertz CT molecular complexity index is 696. The molecule has 3 aliphatic rings. The predicted molar refractivity (Wildman–Crippen MR) is 101 cm³/mol. The lowest BCUT2D eigenvalue weighted by Crippen LogP contribution is -2.39. The van der Waals surface area contributed by atoms with E-state index in [2.05, 4.69) is 4.90 Å². The van der Waals surface area contributed by atoms with Gasteiger partial charge in [-0.2, -0.15) is 0 Å². The molecule has 0 atom stereocenters. The summed E-state index contributed by atoms with van der Waals surface area (Å²) in [6.45, 7) is 3.36. The molecule has 0 aromatic heterocycles. The molecule has 2 heterocycles. The summed E-state index contributed by atoms with van der Waals surface area (Å²) in [5.74, 6) is -0.194. The van der Waals surface area contributed by atoms with Crippen molar-refractivity contribution in [2.75, 3.05) is 31.1 Å². The highest BCUT2D eigenvalue weighted by Crippen LogP contribution is 2.46. The second-order valence-corrected chi connectivity index (χ2v) is 8.15. The molecule has 0 N–H and O–H groups in total. The molecule has 2 saturated heterocycles. The van der Waals surface area contributed by atoms with Gasteiger partial charge in [0.1, 0.15) is 5.56 Å². The largest absolute Gasteiger partial charge is 0.371 e. The van der Waals surface area contributed by atoms with Crippen LogP contribution in [-0.4, -0.2) is 41.9 Å². The maximum atomic E-state index is 12.8. The average Bonchev–Trinajstić information content (AvgIpc) is 3.34. The van der Waals surface area contributed by atoms with Gasteiger partial charge in [0.25, 0.3) is 11.6 Å². The van der Waals surface area contributed by atoms with Crippen molar-refractivity contribution >= 4 is 17.3 Å². The van der Waals surface area contributed by atoms with Crippen LogP contribution >= 0.6 is 0 Å². The lowest BCUT2D eigenvalue weighted by atomic mass is 9.77. The van der Waals surface area contributed by atoms with E-state index in [0.29, 0.717) is 18.5 Å². The fraction of sp³-hybridized carbons (Fsp3) is 0.650. The van der Waals surface area contributed by atoms with Crippen LogP contribution in [0.5, 0.6) is 0 Å². The molecule has 4 rings (SSSR count). The Balaban J connectivity index is 1.56. The van der Waals surface area contributed by atoms with E-state index >= 15 is 0 Å². The van der Waals surface area contributed by atoms with E-state index in [1.807, 2.05) is 6.07 Å². The Labute approximate surface area is 154 Å². The molecular weight excluding hydrogens is 330 g/mol. The zero-order valence-corrected chi connectivity index (χ0v) is 15.3. The second kappa shape index (κ2) is 6.89. The maximum absolute atomic E-state index is 12.8. The summed E-state index contributed by atoms with van der Waals surface area (Å²) in [5, 5.41) is 11.4. The van der Waals surface area contributed by atoms with E-state index in [1.165, 1.54) is 44.6 Å². The number of nitrogens with zero attached hydrogens (tertiary/aromatic N) is 3. The van der Waals surface area contributed by atoms with Crippen LogP contribution in [0.25, 0.3) is 0 Å². The number of benzene rings is 1. The Kier molecular flexibility index (Phi) is 4.59. The number of hydrogen-bond acceptors (Lipinski definition) is 4. The molecule has 1 spiro atoms. The van der Waals surface area contributed by atoms with E-state index in [9.17, 15) is 14.9 Å². The van der Waals surface area contributed by atoms with E-state index in [-0.39, 0.29) is 17.2 Å². The molecule has 1 aromatic rings. The molecule has 1 amide bonds. The fourth-order valence-electron chi connectivity index (χ4n) is 5.01. The summed E-state index contributed by atoms with van der Waals surface area (Å²) < 4.78 is 0. The van der Waals surface area contributed by atoms with Crippen molar-refractivity contribution in [3.63, 3.8) is 0 Å². The van der Waals surface area contributed by atoms with E-state index in [0.717, 1.165) is 31.6 Å². The van der Waals surface area contributed by atoms with Gasteiger partial charge in [-0.15, -0.1) is 0 Å². The minimum atomic E-state index is -0.434. The minimum absolute atomic E-state index is 0.0741. The van der Waals surface area contributed by atoms with E-state index in [4.69, 9.17) is 0 Å². The van der Waals surface area contributed by atoms with Crippen molar-refractivity contribution in [3.05, 3.63) is 33.9 Å². The normalized spacial score (nSPS) is 22.2. The van der Waals surface area contributed by atoms with Crippen molar-refractivity contribution in [3.8, 4) is 0 Å². The number of nitro benzene ring substituents is 1. The van der Waals surface area contributed by atoms with Gasteiger partial charge in [0.2, 0.25) is 0 Å². The third-order valence-electron chi connectivity index (χ3n) is 6.65. The van der Waals surface area contributed by atoms with Gasteiger partial charge in [-0.1, -0.05) is 12.8 Å². The van der Waals surface area contributed by atoms with Crippen molar-refractivity contribution in [1.82, 2.24) is 4.90 Å². The Morgan fingerprint density at radius 3 is 2.23 bits per heavy atom. The molecule has 1 aliphatic carbocycles. The molecule has 140 valence electrons. The first-order valence-electron chi connectivity index (χ1n) is 9.91. The third-order valence-corrected chi connectivity index (χ3v) is 6.65. The lowest BCUT2D eigenvalue weighted by Gasteiger charge is -2.40. The summed E-state index contributed by atoms with van der Waals surface area (Å²) in [6, 6.07) is 5.08. The summed E-state index contributed by atoms with van der Waals surface area (Å²) >= 11 is 0. The topological polar surface area (TPSA) is 66.7 Å². The van der Waals surface area contributed by atoms with Crippen LogP contribution in [0.15, 0.2) is 18.2 Å². The first-order chi connectivity index (χ1) is 12.6. The predicted octanol–water partition coefficient (Wildman–Crippen LogP) is 3.99. The summed E-state index contributed by atoms with van der Waals surface area (Å²) in [5.41, 5.74) is 1.65. The number of carbonyl (C=O) groups excluding carboxylic acids is 1. The number of nitro groups is 1. The Morgan fingerprint density at radius 1 is 0.962 bits per heavy atom. The highest BCUT2D eigenvalue weighted by atomic mass is 16.6. The van der Waals surface area contributed by atoms with Crippen LogP contribution in [0, 0.1) is 15.5 Å². The van der Waals surface area contributed by atoms with Gasteiger partial charge in [-0.25, -0.2) is 0 Å². The number of amides is 1. The average molecular weight is 357 g/mol. The van der Waals surface area contributed by atoms with Gasteiger partial charge in [0.15, 0.2) is 0 Å². The second-order valence-electron chi connectivity index (χ2n) is 8.15. The fourth-order valence-corrected chi connectivity index (χ4v) is 5.01. The molecule has 1 saturated carbocycles. The van der Waals surface area contributed by atoms with Crippen molar-refractivity contribution in [2.45, 2.75) is 51.4 Å². The van der Waals surface area contributed by atoms with E-state index < -0.39 is 4.92 Å². The van der Waals surface area contributed by atoms with Crippen molar-refractivity contribution in [1.29, 1.82) is 0 Å². The lowest BCUT2D eigenvalue weighted by molar-refractivity contribution is -0.385. The zero-order chi connectivity index (χ0) is 18.1. The molecular formula is C20H27N3O3. The number of rotatable bonds is 3. The van der Waals surface area contributed by atoms with Gasteiger partial charge < -0.3 is 9.80 Å². The molecule has 0 bridgehead atoms. The number of piperidine rings is 1. The molecule has 3 fully saturated rings. The van der Waals surface area contributed by atoms with Crippen LogP contribution in [0.2, 0.25) is 0 Å². The molecule has 26 heavy (non-hydrogen) atoms. The molecule has 0 unspecified atom stereocenters. The monoisotopic (exact) mass is 357 g/mol. The van der Waals surface area contributed by atoms with Crippen molar-refractivity contribution < 1.29 is 9.72 Å². The summed E-state index contributed by atoms with van der Waals surface area (Å²) in [6.07, 6.45) is 9.75. The standard InChI is InChI=1S/C20H27N3O3/c24-19(22-11-3-4-12-22)17-15-16(5-6-18(17)23(25)26)21-13-9-20(10-14-21)7-1-2-8-20/h5-6,15H,1-4,7-14H2. The maximum Gasteiger partial charge on any atom is 0.282 e. The quantitative estimate of drug-likeness (QED) is 0.606. The first-order valence-corrected chi connectivity index (χ1v) is 9.91. The third kappa shape index (κ3) is 3.17. The highest BCUT2D eigenvalue weighted by molar-refractivity contribution is 5.99. The number of anilines is 1. The Hall–Kier alpha value is -2.11. The van der Waals surface area contributed by atoms with Crippen LogP contribution in [0.1, 0.15) is 61.7 Å². The SMILES string of the molecule is O=C(c1cc(N2CCC3(CCCC3)CC2)ccc1[N+](=O)[O-])N1CCCC1. The minimum Gasteiger partial charge on any atom is -0.371 e. The molecule has 6 heteroatoms. The number of likely N-dealkylation sites (tertiary alicyclic amines) is 1. The molecule has 6 nitrogen and oxygen atoms in total. The van der Waals surface area contributed by atoms with Gasteiger partial charge >= 0.3 is 0 Å². The first kappa shape index (κ1) is 17.3. The smallest absolute Gasteiger partial charge is 0.282 e. The van der Waals surface area contributed by atoms with Gasteiger partial charge in [-0.3, -0.25) is 14.9 Å².